The SMILES string of the molecule is O=C(Nc1cc(-c2cc(Cl)cc(Cl)c2)[nH]n1)C1CCCNC1. The molecule has 5 nitrogen and oxygen atoms in total. The Morgan fingerprint density at radius 1 is 1.23 bits per heavy atom. The molecule has 22 heavy (non-hydrogen) atoms. The molecule has 1 amide bonds. The van der Waals surface area contributed by atoms with E-state index in [1.54, 1.807) is 24.3 Å². The largest absolute Gasteiger partial charge is 0.316 e. The van der Waals surface area contributed by atoms with Crippen molar-refractivity contribution in [2.45, 2.75) is 12.8 Å². The van der Waals surface area contributed by atoms with Crippen molar-refractivity contribution in [3.05, 3.63) is 34.3 Å². The number of aromatic nitrogens is 2. The maximum Gasteiger partial charge on any atom is 0.229 e. The Morgan fingerprint density at radius 2 is 2.00 bits per heavy atom. The fraction of sp³-hybridized carbons (Fsp3) is 0.333. The summed E-state index contributed by atoms with van der Waals surface area (Å²) in [6.45, 7) is 1.69. The molecule has 3 rings (SSSR count). The molecule has 7 heteroatoms. The second-order valence-electron chi connectivity index (χ2n) is 5.36. The van der Waals surface area contributed by atoms with E-state index in [1.807, 2.05) is 0 Å². The van der Waals surface area contributed by atoms with Gasteiger partial charge in [0.1, 0.15) is 0 Å². The Labute approximate surface area is 138 Å². The summed E-state index contributed by atoms with van der Waals surface area (Å²) in [6.07, 6.45) is 1.92. The second-order valence-corrected chi connectivity index (χ2v) is 6.23. The number of rotatable bonds is 3. The van der Waals surface area contributed by atoms with Crippen LogP contribution in [0, 0.1) is 5.92 Å². The molecule has 0 bridgehead atoms. The molecule has 1 saturated heterocycles. The van der Waals surface area contributed by atoms with Crippen LogP contribution < -0.4 is 10.6 Å². The predicted molar refractivity (Wildman–Crippen MR) is 88.3 cm³/mol. The number of benzene rings is 1. The smallest absolute Gasteiger partial charge is 0.229 e. The van der Waals surface area contributed by atoms with E-state index in [0.29, 0.717) is 22.4 Å². The maximum absolute atomic E-state index is 12.2. The Hall–Kier alpha value is -1.56. The fourth-order valence-electron chi connectivity index (χ4n) is 2.55. The van der Waals surface area contributed by atoms with Crippen LogP contribution >= 0.6 is 23.2 Å². The lowest BCUT2D eigenvalue weighted by atomic mass is 9.99. The second kappa shape index (κ2) is 6.69. The van der Waals surface area contributed by atoms with Gasteiger partial charge in [-0.05, 0) is 37.6 Å². The number of anilines is 1. The number of hydrogen-bond acceptors (Lipinski definition) is 3. The van der Waals surface area contributed by atoms with Crippen LogP contribution in [0.15, 0.2) is 24.3 Å². The van der Waals surface area contributed by atoms with Crippen molar-refractivity contribution >= 4 is 34.9 Å². The van der Waals surface area contributed by atoms with Crippen LogP contribution in [0.4, 0.5) is 5.82 Å². The van der Waals surface area contributed by atoms with Crippen LogP contribution in [0.5, 0.6) is 0 Å². The predicted octanol–water partition coefficient (Wildman–Crippen LogP) is 3.32. The number of carbonyl (C=O) groups excluding carboxylic acids is 1. The first-order valence-electron chi connectivity index (χ1n) is 7.15. The van der Waals surface area contributed by atoms with Gasteiger partial charge in [-0.3, -0.25) is 9.89 Å². The minimum atomic E-state index is -0.00521. The molecule has 1 aliphatic heterocycles. The van der Waals surface area contributed by atoms with Gasteiger partial charge in [0.15, 0.2) is 5.82 Å². The Kier molecular flexibility index (Phi) is 4.66. The number of halogens is 2. The van der Waals surface area contributed by atoms with Crippen molar-refractivity contribution in [2.24, 2.45) is 5.92 Å². The molecule has 1 aliphatic rings. The molecule has 1 atom stereocenters. The van der Waals surface area contributed by atoms with Crippen LogP contribution in [0.3, 0.4) is 0 Å². The molecule has 0 spiro atoms. The highest BCUT2D eigenvalue weighted by molar-refractivity contribution is 6.35. The summed E-state index contributed by atoms with van der Waals surface area (Å²) in [5.74, 6) is 0.491. The van der Waals surface area contributed by atoms with Gasteiger partial charge < -0.3 is 10.6 Å². The van der Waals surface area contributed by atoms with Crippen molar-refractivity contribution in [3.63, 3.8) is 0 Å². The first-order valence-corrected chi connectivity index (χ1v) is 7.91. The van der Waals surface area contributed by atoms with E-state index >= 15 is 0 Å². The lowest BCUT2D eigenvalue weighted by Crippen LogP contribution is -2.37. The van der Waals surface area contributed by atoms with Gasteiger partial charge in [-0.25, -0.2) is 0 Å². The number of nitrogens with zero attached hydrogens (tertiary/aromatic N) is 1. The van der Waals surface area contributed by atoms with Gasteiger partial charge in [-0.15, -0.1) is 0 Å². The van der Waals surface area contributed by atoms with Crippen molar-refractivity contribution in [1.29, 1.82) is 0 Å². The van der Waals surface area contributed by atoms with Gasteiger partial charge in [-0.2, -0.15) is 5.10 Å². The minimum absolute atomic E-state index is 0.00508. The first kappa shape index (κ1) is 15.3. The number of hydrogen-bond donors (Lipinski definition) is 3. The Morgan fingerprint density at radius 3 is 2.68 bits per heavy atom. The van der Waals surface area contributed by atoms with Gasteiger partial charge in [0.25, 0.3) is 0 Å². The number of piperidine rings is 1. The molecular weight excluding hydrogens is 323 g/mol. The lowest BCUT2D eigenvalue weighted by molar-refractivity contribution is -0.120. The zero-order valence-electron chi connectivity index (χ0n) is 11.8. The zero-order valence-corrected chi connectivity index (χ0v) is 13.3. The topological polar surface area (TPSA) is 69.8 Å². The average Bonchev–Trinajstić information content (AvgIpc) is 2.96. The van der Waals surface area contributed by atoms with Crippen molar-refractivity contribution in [1.82, 2.24) is 15.5 Å². The van der Waals surface area contributed by atoms with E-state index in [0.717, 1.165) is 30.6 Å². The fourth-order valence-corrected chi connectivity index (χ4v) is 3.07. The van der Waals surface area contributed by atoms with E-state index in [9.17, 15) is 4.79 Å². The Balaban J connectivity index is 1.72. The van der Waals surface area contributed by atoms with Gasteiger partial charge in [0.05, 0.1) is 11.6 Å². The maximum atomic E-state index is 12.2. The summed E-state index contributed by atoms with van der Waals surface area (Å²) < 4.78 is 0. The summed E-state index contributed by atoms with van der Waals surface area (Å²) in [5, 5.41) is 14.2. The molecule has 0 aliphatic carbocycles. The van der Waals surface area contributed by atoms with Crippen LogP contribution in [-0.2, 0) is 4.79 Å². The lowest BCUT2D eigenvalue weighted by Gasteiger charge is -2.21. The summed E-state index contributed by atoms with van der Waals surface area (Å²) in [5.41, 5.74) is 1.58. The van der Waals surface area contributed by atoms with Gasteiger partial charge in [0, 0.05) is 28.2 Å². The molecule has 1 aromatic heterocycles. The van der Waals surface area contributed by atoms with Gasteiger partial charge in [-0.1, -0.05) is 23.2 Å². The summed E-state index contributed by atoms with van der Waals surface area (Å²) in [4.78, 5) is 12.2. The summed E-state index contributed by atoms with van der Waals surface area (Å²) in [7, 11) is 0. The van der Waals surface area contributed by atoms with Crippen LogP contribution in [-0.4, -0.2) is 29.2 Å². The highest BCUT2D eigenvalue weighted by atomic mass is 35.5. The van der Waals surface area contributed by atoms with Crippen LogP contribution in [0.25, 0.3) is 11.3 Å². The molecule has 3 N–H and O–H groups in total. The highest BCUT2D eigenvalue weighted by Crippen LogP contribution is 2.27. The number of amides is 1. The number of aromatic amines is 1. The number of nitrogens with one attached hydrogen (secondary N) is 3. The minimum Gasteiger partial charge on any atom is -0.316 e. The summed E-state index contributed by atoms with van der Waals surface area (Å²) in [6, 6.07) is 7.02. The monoisotopic (exact) mass is 338 g/mol. The molecular formula is C15H16Cl2N4O. The molecule has 0 radical (unpaired) electrons. The quantitative estimate of drug-likeness (QED) is 0.803. The standard InChI is InChI=1S/C15H16Cl2N4O/c16-11-4-10(5-12(17)6-11)13-7-14(21-20-13)19-15(22)9-2-1-3-18-8-9/h4-7,9,18H,1-3,8H2,(H2,19,20,21,22). The molecule has 2 heterocycles. The third-order valence-corrected chi connectivity index (χ3v) is 4.11. The van der Waals surface area contributed by atoms with E-state index < -0.39 is 0 Å². The molecule has 116 valence electrons. The summed E-state index contributed by atoms with van der Waals surface area (Å²) >= 11 is 12.0. The third kappa shape index (κ3) is 3.61. The molecule has 0 saturated carbocycles. The molecule has 1 fully saturated rings. The zero-order chi connectivity index (χ0) is 15.5. The van der Waals surface area contributed by atoms with Crippen molar-refractivity contribution < 1.29 is 4.79 Å². The first-order chi connectivity index (χ1) is 10.6. The normalized spacial score (nSPS) is 18.2. The van der Waals surface area contributed by atoms with E-state index in [1.165, 1.54) is 0 Å². The molecule has 1 unspecified atom stereocenters. The van der Waals surface area contributed by atoms with Gasteiger partial charge in [0.2, 0.25) is 5.91 Å². The Bertz CT molecular complexity index is 660. The van der Waals surface area contributed by atoms with E-state index in [-0.39, 0.29) is 11.8 Å². The van der Waals surface area contributed by atoms with Crippen molar-refractivity contribution in [2.75, 3.05) is 18.4 Å². The van der Waals surface area contributed by atoms with Crippen LogP contribution in [0.1, 0.15) is 12.8 Å². The van der Waals surface area contributed by atoms with Crippen LogP contribution in [0.2, 0.25) is 10.0 Å². The molecule has 1 aromatic carbocycles. The molecule has 2 aromatic rings. The number of carbonyl (C=O) groups is 1. The van der Waals surface area contributed by atoms with Crippen molar-refractivity contribution in [3.8, 4) is 11.3 Å². The highest BCUT2D eigenvalue weighted by Gasteiger charge is 2.21. The van der Waals surface area contributed by atoms with E-state index in [2.05, 4.69) is 20.8 Å². The number of H-pyrrole nitrogens is 1. The average molecular weight is 339 g/mol. The van der Waals surface area contributed by atoms with Gasteiger partial charge >= 0.3 is 0 Å². The third-order valence-electron chi connectivity index (χ3n) is 3.67. The van der Waals surface area contributed by atoms with E-state index in [4.69, 9.17) is 23.2 Å².